The summed E-state index contributed by atoms with van der Waals surface area (Å²) in [5.41, 5.74) is -1.11. The fourth-order valence-corrected chi connectivity index (χ4v) is 4.28. The Balaban J connectivity index is 1.57. The van der Waals surface area contributed by atoms with E-state index in [2.05, 4.69) is 16.9 Å². The summed E-state index contributed by atoms with van der Waals surface area (Å²) in [6, 6.07) is 7.67. The number of hydrogen-bond donors (Lipinski definition) is 0. The Labute approximate surface area is 188 Å². The molecule has 0 unspecified atom stereocenters. The van der Waals surface area contributed by atoms with Crippen LogP contribution in [0.1, 0.15) is 60.8 Å². The van der Waals surface area contributed by atoms with Crippen molar-refractivity contribution < 1.29 is 35.5 Å². The van der Waals surface area contributed by atoms with Gasteiger partial charge in [0.15, 0.2) is 0 Å². The summed E-state index contributed by atoms with van der Waals surface area (Å²) in [6.45, 7) is 1.56. The maximum atomic E-state index is 14.2. The van der Waals surface area contributed by atoms with Crippen molar-refractivity contribution in [2.24, 2.45) is 5.92 Å². The highest BCUT2D eigenvalue weighted by Gasteiger charge is 2.39. The van der Waals surface area contributed by atoms with Crippen molar-refractivity contribution in [2.45, 2.75) is 63.8 Å². The molecule has 0 atom stereocenters. The van der Waals surface area contributed by atoms with Crippen molar-refractivity contribution in [3.8, 4) is 0 Å². The van der Waals surface area contributed by atoms with Gasteiger partial charge in [-0.1, -0.05) is 36.4 Å². The van der Waals surface area contributed by atoms with Gasteiger partial charge in [0.25, 0.3) is 0 Å². The van der Waals surface area contributed by atoms with Crippen LogP contribution in [0.5, 0.6) is 0 Å². The van der Waals surface area contributed by atoms with Gasteiger partial charge >= 0.3 is 12.3 Å². The van der Waals surface area contributed by atoms with E-state index in [9.17, 15) is 30.7 Å². The molecule has 2 aromatic carbocycles. The average molecular weight is 474 g/mol. The van der Waals surface area contributed by atoms with Crippen LogP contribution in [0.15, 0.2) is 48.6 Å². The SMILES string of the molecule is CC=CC1CCC(c2ccc(COC(F)(F)Cc3cc(F)c(C(F)(F)F)c(F)c3)cc2)CC1. The minimum atomic E-state index is -5.26. The highest BCUT2D eigenvalue weighted by Crippen LogP contribution is 2.37. The zero-order chi connectivity index (χ0) is 24.2. The van der Waals surface area contributed by atoms with Crippen LogP contribution in [0.2, 0.25) is 0 Å². The predicted molar refractivity (Wildman–Crippen MR) is 111 cm³/mol. The van der Waals surface area contributed by atoms with Gasteiger partial charge in [-0.05, 0) is 73.3 Å². The molecule has 0 saturated heterocycles. The van der Waals surface area contributed by atoms with Crippen LogP contribution in [0.4, 0.5) is 30.7 Å². The predicted octanol–water partition coefficient (Wildman–Crippen LogP) is 8.19. The van der Waals surface area contributed by atoms with E-state index in [0.29, 0.717) is 17.4 Å². The summed E-state index contributed by atoms with van der Waals surface area (Å²) >= 11 is 0. The number of halogens is 7. The molecular formula is C25H25F7O. The summed E-state index contributed by atoms with van der Waals surface area (Å²) in [5, 5.41) is 0. The Hall–Kier alpha value is -2.35. The molecule has 1 aliphatic carbocycles. The van der Waals surface area contributed by atoms with Gasteiger partial charge in [-0.15, -0.1) is 0 Å². The van der Waals surface area contributed by atoms with Gasteiger partial charge in [0.05, 0.1) is 13.0 Å². The Morgan fingerprint density at radius 2 is 1.45 bits per heavy atom. The molecule has 0 heterocycles. The Morgan fingerprint density at radius 1 is 0.879 bits per heavy atom. The quantitative estimate of drug-likeness (QED) is 0.290. The van der Waals surface area contributed by atoms with Crippen LogP contribution < -0.4 is 0 Å². The summed E-state index contributed by atoms with van der Waals surface area (Å²) in [5.74, 6) is -2.85. The molecule has 1 saturated carbocycles. The first-order chi connectivity index (χ1) is 15.5. The molecule has 0 spiro atoms. The number of allylic oxidation sites excluding steroid dienone is 2. The normalized spacial score (nSPS) is 19.9. The van der Waals surface area contributed by atoms with Crippen LogP contribution in [-0.4, -0.2) is 6.11 Å². The highest BCUT2D eigenvalue weighted by atomic mass is 19.4. The van der Waals surface area contributed by atoms with Gasteiger partial charge in [0, 0.05) is 0 Å². The molecule has 0 radical (unpaired) electrons. The second-order valence-corrected chi connectivity index (χ2v) is 8.41. The van der Waals surface area contributed by atoms with Crippen LogP contribution in [-0.2, 0) is 23.9 Å². The van der Waals surface area contributed by atoms with E-state index in [0.717, 1.165) is 31.2 Å². The summed E-state index contributed by atoms with van der Waals surface area (Å²) in [6.07, 6.45) is -1.70. The van der Waals surface area contributed by atoms with E-state index in [1.165, 1.54) is 0 Å². The van der Waals surface area contributed by atoms with Gasteiger partial charge in [-0.2, -0.15) is 22.0 Å². The van der Waals surface area contributed by atoms with Crippen molar-refractivity contribution in [1.29, 1.82) is 0 Å². The lowest BCUT2D eigenvalue weighted by Crippen LogP contribution is -2.24. The van der Waals surface area contributed by atoms with Crippen LogP contribution >= 0.6 is 0 Å². The molecule has 0 bridgehead atoms. The average Bonchev–Trinajstić information content (AvgIpc) is 2.72. The largest absolute Gasteiger partial charge is 0.422 e. The van der Waals surface area contributed by atoms with Crippen molar-refractivity contribution in [3.63, 3.8) is 0 Å². The first-order valence-corrected chi connectivity index (χ1v) is 10.8. The molecular weight excluding hydrogens is 449 g/mol. The van der Waals surface area contributed by atoms with Gasteiger partial charge < -0.3 is 4.74 Å². The fourth-order valence-electron chi connectivity index (χ4n) is 4.28. The van der Waals surface area contributed by atoms with Gasteiger partial charge in [-0.25, -0.2) is 8.78 Å². The van der Waals surface area contributed by atoms with E-state index >= 15 is 0 Å². The van der Waals surface area contributed by atoms with Crippen LogP contribution in [0.3, 0.4) is 0 Å². The van der Waals surface area contributed by atoms with Crippen LogP contribution in [0, 0.1) is 17.6 Å². The molecule has 0 amide bonds. The Bertz CT molecular complexity index is 933. The molecule has 1 nitrogen and oxygen atoms in total. The summed E-state index contributed by atoms with van der Waals surface area (Å²) in [4.78, 5) is 0. The zero-order valence-corrected chi connectivity index (χ0v) is 18.1. The number of ether oxygens (including phenoxy) is 1. The fraction of sp³-hybridized carbons (Fsp3) is 0.440. The Morgan fingerprint density at radius 3 is 1.97 bits per heavy atom. The van der Waals surface area contributed by atoms with E-state index in [4.69, 9.17) is 0 Å². The molecule has 180 valence electrons. The maximum absolute atomic E-state index is 14.2. The van der Waals surface area contributed by atoms with E-state index in [1.54, 1.807) is 12.1 Å². The topological polar surface area (TPSA) is 9.23 Å². The lowest BCUT2D eigenvalue weighted by molar-refractivity contribution is -0.244. The summed E-state index contributed by atoms with van der Waals surface area (Å²) in [7, 11) is 0. The van der Waals surface area contributed by atoms with E-state index < -0.39 is 48.1 Å². The molecule has 0 N–H and O–H groups in total. The second-order valence-electron chi connectivity index (χ2n) is 8.41. The monoisotopic (exact) mass is 474 g/mol. The van der Waals surface area contributed by atoms with Crippen molar-refractivity contribution in [1.82, 2.24) is 0 Å². The third kappa shape index (κ3) is 6.82. The number of hydrogen-bond acceptors (Lipinski definition) is 1. The first kappa shape index (κ1) is 25.3. The lowest BCUT2D eigenvalue weighted by Gasteiger charge is -2.27. The molecule has 33 heavy (non-hydrogen) atoms. The molecule has 0 aromatic heterocycles. The van der Waals surface area contributed by atoms with Gasteiger partial charge in [0.1, 0.15) is 17.2 Å². The number of benzene rings is 2. The number of alkyl halides is 5. The molecule has 1 aliphatic rings. The highest BCUT2D eigenvalue weighted by molar-refractivity contribution is 5.29. The minimum absolute atomic E-state index is 0.253. The van der Waals surface area contributed by atoms with Crippen molar-refractivity contribution in [2.75, 3.05) is 0 Å². The molecule has 2 aromatic rings. The second kappa shape index (κ2) is 10.3. The maximum Gasteiger partial charge on any atom is 0.422 e. The lowest BCUT2D eigenvalue weighted by atomic mass is 9.78. The molecule has 3 rings (SSSR count). The van der Waals surface area contributed by atoms with Crippen molar-refractivity contribution in [3.05, 3.63) is 82.4 Å². The molecule has 0 aliphatic heterocycles. The Kier molecular flexibility index (Phi) is 7.88. The zero-order valence-electron chi connectivity index (χ0n) is 18.1. The summed E-state index contributed by atoms with van der Waals surface area (Å²) < 4.78 is 98.1. The smallest absolute Gasteiger partial charge is 0.315 e. The minimum Gasteiger partial charge on any atom is -0.315 e. The van der Waals surface area contributed by atoms with E-state index in [-0.39, 0.29) is 12.1 Å². The van der Waals surface area contributed by atoms with Crippen LogP contribution in [0.25, 0.3) is 0 Å². The third-order valence-electron chi connectivity index (χ3n) is 5.93. The van der Waals surface area contributed by atoms with Crippen molar-refractivity contribution >= 4 is 0 Å². The molecule has 1 fully saturated rings. The first-order valence-electron chi connectivity index (χ1n) is 10.8. The molecule has 8 heteroatoms. The van der Waals surface area contributed by atoms with Gasteiger partial charge in [0.2, 0.25) is 0 Å². The standard InChI is InChI=1S/C25H25F7O/c1-2-3-16-4-8-19(9-5-16)20-10-6-17(7-11-20)15-33-24(28,29)14-18-12-21(26)23(22(27)13-18)25(30,31)32/h2-3,6-7,10-13,16,19H,4-5,8-9,14-15H2,1H3. The third-order valence-corrected chi connectivity index (χ3v) is 5.93. The van der Waals surface area contributed by atoms with Gasteiger partial charge in [-0.3, -0.25) is 0 Å². The van der Waals surface area contributed by atoms with E-state index in [1.807, 2.05) is 19.1 Å². The number of rotatable bonds is 7.